The zero-order valence-corrected chi connectivity index (χ0v) is 6.10. The molecule has 1 saturated heterocycles. The molecule has 3 N–H and O–H groups in total. The van der Waals surface area contributed by atoms with Gasteiger partial charge in [0.15, 0.2) is 0 Å². The fourth-order valence-corrected chi connectivity index (χ4v) is 0.898. The summed E-state index contributed by atoms with van der Waals surface area (Å²) in [5, 5.41) is 3.83. The van der Waals surface area contributed by atoms with Crippen molar-refractivity contribution in [3.63, 3.8) is 0 Å². The van der Waals surface area contributed by atoms with Gasteiger partial charge in [0.25, 0.3) is 0 Å². The smallest absolute Gasteiger partial charge is 0.204 e. The lowest BCUT2D eigenvalue weighted by Crippen LogP contribution is -2.07. The second-order valence-corrected chi connectivity index (χ2v) is 2.51. The molecule has 1 aliphatic rings. The monoisotopic (exact) mass is 148 g/mol. The van der Waals surface area contributed by atoms with Crippen LogP contribution in [0, 0.1) is 0 Å². The van der Waals surface area contributed by atoms with Gasteiger partial charge in [0.1, 0.15) is 0 Å². The van der Waals surface area contributed by atoms with Gasteiger partial charge in [0.2, 0.25) is 6.41 Å². The van der Waals surface area contributed by atoms with Gasteiger partial charge >= 0.3 is 0 Å². The van der Waals surface area contributed by atoms with E-state index >= 15 is 0 Å². The number of nitrogens with two attached hydrogens (primary N) is 1. The zero-order chi connectivity index (χ0) is 7.11. The third kappa shape index (κ3) is 5.65. The Kier molecular flexibility index (Phi) is 5.76. The maximum atomic E-state index is 8.58. The first-order chi connectivity index (χ1) is 4.31. The predicted molar refractivity (Wildman–Crippen MR) is 40.5 cm³/mol. The number of thiol groups is 1. The van der Waals surface area contributed by atoms with Crippen molar-refractivity contribution in [1.82, 2.24) is 5.32 Å². The minimum Gasteiger partial charge on any atom is -0.372 e. The van der Waals surface area contributed by atoms with E-state index in [-0.39, 0.29) is 6.41 Å². The number of carbonyl (C=O) groups is 1. The molecule has 1 fully saturated rings. The van der Waals surface area contributed by atoms with E-state index in [4.69, 9.17) is 4.79 Å². The van der Waals surface area contributed by atoms with Crippen molar-refractivity contribution in [1.29, 1.82) is 0 Å². The second kappa shape index (κ2) is 5.91. The Morgan fingerprint density at radius 2 is 2.33 bits per heavy atom. The number of primary amides is 1. The van der Waals surface area contributed by atoms with Crippen molar-refractivity contribution in [2.24, 2.45) is 5.73 Å². The molecule has 3 nitrogen and oxygen atoms in total. The average molecular weight is 148 g/mol. The van der Waals surface area contributed by atoms with E-state index in [1.807, 2.05) is 0 Å². The number of amides is 1. The van der Waals surface area contributed by atoms with Gasteiger partial charge in [-0.15, -0.1) is 0 Å². The normalized spacial score (nSPS) is 24.3. The number of rotatable bonds is 0. The van der Waals surface area contributed by atoms with Gasteiger partial charge in [-0.3, -0.25) is 4.79 Å². The van der Waals surface area contributed by atoms with Crippen molar-refractivity contribution < 1.29 is 4.79 Å². The third-order valence-electron chi connectivity index (χ3n) is 1.03. The summed E-state index contributed by atoms with van der Waals surface area (Å²) in [6.45, 7) is 2.26. The molecule has 0 aromatic rings. The SMILES string of the molecule is NC=O.SC1CCNC1. The second-order valence-electron chi connectivity index (χ2n) is 1.78. The zero-order valence-electron chi connectivity index (χ0n) is 5.21. The summed E-state index contributed by atoms with van der Waals surface area (Å²) in [4.78, 5) is 8.58. The van der Waals surface area contributed by atoms with Gasteiger partial charge < -0.3 is 11.1 Å². The van der Waals surface area contributed by atoms with Crippen molar-refractivity contribution in [3.05, 3.63) is 0 Å². The van der Waals surface area contributed by atoms with Crippen LogP contribution in [0.1, 0.15) is 6.42 Å². The minimum absolute atomic E-state index is 0.250. The fraction of sp³-hybridized carbons (Fsp3) is 0.800. The van der Waals surface area contributed by atoms with E-state index < -0.39 is 0 Å². The van der Waals surface area contributed by atoms with Gasteiger partial charge in [-0.05, 0) is 13.0 Å². The highest BCUT2D eigenvalue weighted by Crippen LogP contribution is 2.02. The molecule has 1 atom stereocenters. The first-order valence-electron chi connectivity index (χ1n) is 2.85. The van der Waals surface area contributed by atoms with Gasteiger partial charge in [0, 0.05) is 11.8 Å². The van der Waals surface area contributed by atoms with E-state index in [9.17, 15) is 0 Å². The Hall–Kier alpha value is -0.220. The molecule has 0 saturated carbocycles. The van der Waals surface area contributed by atoms with E-state index in [1.165, 1.54) is 6.42 Å². The maximum absolute atomic E-state index is 8.58. The van der Waals surface area contributed by atoms with Crippen LogP contribution in [-0.2, 0) is 4.79 Å². The molecule has 0 spiro atoms. The molecule has 1 heterocycles. The highest BCUT2D eigenvalue weighted by molar-refractivity contribution is 7.81. The summed E-state index contributed by atoms with van der Waals surface area (Å²) < 4.78 is 0. The largest absolute Gasteiger partial charge is 0.372 e. The van der Waals surface area contributed by atoms with Crippen LogP contribution in [0.2, 0.25) is 0 Å². The topological polar surface area (TPSA) is 55.1 Å². The Labute approximate surface area is 60.4 Å². The van der Waals surface area contributed by atoms with Gasteiger partial charge in [-0.1, -0.05) is 0 Å². The van der Waals surface area contributed by atoms with Crippen LogP contribution in [-0.4, -0.2) is 24.7 Å². The number of hydrogen-bond acceptors (Lipinski definition) is 3. The van der Waals surface area contributed by atoms with Crippen molar-refractivity contribution >= 4 is 19.0 Å². The average Bonchev–Trinajstić information content (AvgIpc) is 2.20. The highest BCUT2D eigenvalue weighted by Gasteiger charge is 2.07. The Balaban J connectivity index is 0.000000187. The van der Waals surface area contributed by atoms with Crippen LogP contribution in [0.5, 0.6) is 0 Å². The van der Waals surface area contributed by atoms with Crippen molar-refractivity contribution in [2.45, 2.75) is 11.7 Å². The molecule has 0 aromatic heterocycles. The summed E-state index contributed by atoms with van der Waals surface area (Å²) in [5.41, 5.74) is 4.17. The summed E-state index contributed by atoms with van der Waals surface area (Å²) >= 11 is 4.23. The molecule has 0 aliphatic carbocycles. The minimum atomic E-state index is 0.250. The van der Waals surface area contributed by atoms with Crippen LogP contribution in [0.4, 0.5) is 0 Å². The quantitative estimate of drug-likeness (QED) is 0.317. The Bertz CT molecular complexity index is 73.4. The molecular formula is C5H12N2OS. The lowest BCUT2D eigenvalue weighted by Gasteiger charge is -1.89. The van der Waals surface area contributed by atoms with Crippen LogP contribution < -0.4 is 11.1 Å². The maximum Gasteiger partial charge on any atom is 0.204 e. The fourth-order valence-electron chi connectivity index (χ4n) is 0.639. The van der Waals surface area contributed by atoms with Crippen LogP contribution in [0.25, 0.3) is 0 Å². The Morgan fingerprint density at radius 3 is 2.44 bits per heavy atom. The predicted octanol–water partition coefficient (Wildman–Crippen LogP) is -0.620. The number of carbonyl (C=O) groups excluding carboxylic acids is 1. The number of hydrogen-bond donors (Lipinski definition) is 3. The lowest BCUT2D eigenvalue weighted by molar-refractivity contribution is -0.106. The summed E-state index contributed by atoms with van der Waals surface area (Å²) in [6.07, 6.45) is 1.49. The van der Waals surface area contributed by atoms with Crippen LogP contribution in [0.3, 0.4) is 0 Å². The molecule has 9 heavy (non-hydrogen) atoms. The third-order valence-corrected chi connectivity index (χ3v) is 1.48. The van der Waals surface area contributed by atoms with Crippen LogP contribution in [0.15, 0.2) is 0 Å². The van der Waals surface area contributed by atoms with Gasteiger partial charge in [0.05, 0.1) is 0 Å². The molecule has 0 bridgehead atoms. The molecule has 0 aromatic carbocycles. The van der Waals surface area contributed by atoms with Gasteiger partial charge in [-0.25, -0.2) is 0 Å². The summed E-state index contributed by atoms with van der Waals surface area (Å²) in [5.74, 6) is 0. The van der Waals surface area contributed by atoms with E-state index in [0.29, 0.717) is 5.25 Å². The van der Waals surface area contributed by atoms with Crippen molar-refractivity contribution in [3.8, 4) is 0 Å². The molecule has 1 amide bonds. The first-order valence-corrected chi connectivity index (χ1v) is 3.37. The molecule has 0 radical (unpaired) electrons. The van der Waals surface area contributed by atoms with E-state index in [1.54, 1.807) is 0 Å². The Morgan fingerprint density at radius 1 is 1.78 bits per heavy atom. The molecule has 1 unspecified atom stereocenters. The summed E-state index contributed by atoms with van der Waals surface area (Å²) in [6, 6.07) is 0. The molecule has 4 heteroatoms. The van der Waals surface area contributed by atoms with Crippen LogP contribution >= 0.6 is 12.6 Å². The number of nitrogens with one attached hydrogen (secondary N) is 1. The lowest BCUT2D eigenvalue weighted by atomic mass is 10.4. The van der Waals surface area contributed by atoms with E-state index in [0.717, 1.165) is 13.1 Å². The molecular weight excluding hydrogens is 136 g/mol. The molecule has 1 rings (SSSR count). The van der Waals surface area contributed by atoms with Crippen molar-refractivity contribution in [2.75, 3.05) is 13.1 Å². The molecule has 1 aliphatic heterocycles. The standard InChI is InChI=1S/C4H9NS.CH3NO/c6-4-1-2-5-3-4;2-1-3/h4-6H,1-3H2;1H,(H2,2,3). The molecule has 54 valence electrons. The highest BCUT2D eigenvalue weighted by atomic mass is 32.1. The first kappa shape index (κ1) is 8.78. The van der Waals surface area contributed by atoms with Gasteiger partial charge in [-0.2, -0.15) is 12.6 Å². The summed E-state index contributed by atoms with van der Waals surface area (Å²) in [7, 11) is 0. The van der Waals surface area contributed by atoms with E-state index in [2.05, 4.69) is 23.7 Å².